The van der Waals surface area contributed by atoms with Gasteiger partial charge in [-0.1, -0.05) is 55.3 Å². The minimum absolute atomic E-state index is 0.0550. The van der Waals surface area contributed by atoms with Crippen LogP contribution < -0.4 is 5.73 Å². The third-order valence-electron chi connectivity index (χ3n) is 3.31. The Kier molecular flexibility index (Phi) is 4.35. The molecule has 92 valence electrons. The summed E-state index contributed by atoms with van der Waals surface area (Å²) in [5.41, 5.74) is 7.36. The second-order valence-corrected chi connectivity index (χ2v) is 4.90. The van der Waals surface area contributed by atoms with E-state index in [0.29, 0.717) is 13.2 Å². The number of hydrogen-bond acceptors (Lipinski definition) is 2. The predicted octanol–water partition coefficient (Wildman–Crippen LogP) is 2.99. The highest BCUT2D eigenvalue weighted by atomic mass is 16.5. The van der Waals surface area contributed by atoms with Crippen LogP contribution in [0.1, 0.15) is 31.2 Å². The first-order chi connectivity index (χ1) is 8.29. The van der Waals surface area contributed by atoms with Crippen LogP contribution in [-0.2, 0) is 4.74 Å². The van der Waals surface area contributed by atoms with Crippen molar-refractivity contribution in [3.8, 4) is 0 Å². The number of hydrogen-bond donors (Lipinski definition) is 1. The van der Waals surface area contributed by atoms with Gasteiger partial charge >= 0.3 is 0 Å². The molecule has 0 heterocycles. The summed E-state index contributed by atoms with van der Waals surface area (Å²) >= 11 is 0. The molecule has 0 aromatic heterocycles. The van der Waals surface area contributed by atoms with E-state index >= 15 is 0 Å². The van der Waals surface area contributed by atoms with Crippen LogP contribution in [0.3, 0.4) is 0 Å². The molecule has 0 aliphatic heterocycles. The molecular weight excluding hydrogens is 210 g/mol. The van der Waals surface area contributed by atoms with Gasteiger partial charge < -0.3 is 10.5 Å². The molecule has 0 radical (unpaired) electrons. The number of ether oxygens (including phenoxy) is 1. The highest BCUT2D eigenvalue weighted by molar-refractivity contribution is 5.48. The molecular formula is C15H21NO. The summed E-state index contributed by atoms with van der Waals surface area (Å²) in [5, 5.41) is 0. The molecule has 1 aromatic rings. The van der Waals surface area contributed by atoms with Crippen LogP contribution in [0.5, 0.6) is 0 Å². The van der Waals surface area contributed by atoms with Gasteiger partial charge in [0.15, 0.2) is 0 Å². The van der Waals surface area contributed by atoms with Crippen LogP contribution in [0.2, 0.25) is 0 Å². The maximum absolute atomic E-state index is 6.20. The van der Waals surface area contributed by atoms with Gasteiger partial charge in [0.05, 0.1) is 13.2 Å². The average Bonchev–Trinajstić information content (AvgIpc) is 2.77. The van der Waals surface area contributed by atoms with Gasteiger partial charge in [0.2, 0.25) is 0 Å². The summed E-state index contributed by atoms with van der Waals surface area (Å²) in [6.07, 6.45) is 8.84. The predicted molar refractivity (Wildman–Crippen MR) is 71.7 cm³/mol. The Morgan fingerprint density at radius 2 is 1.88 bits per heavy atom. The molecule has 0 spiro atoms. The van der Waals surface area contributed by atoms with Crippen molar-refractivity contribution in [1.82, 2.24) is 0 Å². The van der Waals surface area contributed by atoms with E-state index in [9.17, 15) is 0 Å². The Labute approximate surface area is 103 Å². The summed E-state index contributed by atoms with van der Waals surface area (Å²) in [6, 6.07) is 10.3. The molecule has 0 atom stereocenters. The SMILES string of the molecule is NC1(COC/C=C/c2ccccc2)CCCC1. The molecule has 0 saturated heterocycles. The fraction of sp³-hybridized carbons (Fsp3) is 0.467. The highest BCUT2D eigenvalue weighted by Crippen LogP contribution is 2.27. The smallest absolute Gasteiger partial charge is 0.0651 e. The molecule has 2 heteroatoms. The van der Waals surface area contributed by atoms with Gasteiger partial charge in [-0.3, -0.25) is 0 Å². The van der Waals surface area contributed by atoms with Gasteiger partial charge in [0, 0.05) is 5.54 Å². The third kappa shape index (κ3) is 3.99. The van der Waals surface area contributed by atoms with E-state index in [1.165, 1.54) is 18.4 Å². The van der Waals surface area contributed by atoms with Gasteiger partial charge in [0.25, 0.3) is 0 Å². The first-order valence-electron chi connectivity index (χ1n) is 6.37. The second-order valence-electron chi connectivity index (χ2n) is 4.90. The molecule has 2 rings (SSSR count). The lowest BCUT2D eigenvalue weighted by atomic mass is 10.0. The summed E-state index contributed by atoms with van der Waals surface area (Å²) in [5.74, 6) is 0. The fourth-order valence-corrected chi connectivity index (χ4v) is 2.30. The largest absolute Gasteiger partial charge is 0.375 e. The molecule has 1 aromatic carbocycles. The molecule has 1 aliphatic rings. The maximum atomic E-state index is 6.20. The maximum Gasteiger partial charge on any atom is 0.0651 e. The summed E-state index contributed by atoms with van der Waals surface area (Å²) in [4.78, 5) is 0. The van der Waals surface area contributed by atoms with Crippen LogP contribution in [0.4, 0.5) is 0 Å². The lowest BCUT2D eigenvalue weighted by Crippen LogP contribution is -2.41. The molecule has 1 aliphatic carbocycles. The molecule has 2 nitrogen and oxygen atoms in total. The molecule has 2 N–H and O–H groups in total. The first kappa shape index (κ1) is 12.3. The van der Waals surface area contributed by atoms with Gasteiger partial charge in [-0.25, -0.2) is 0 Å². The van der Waals surface area contributed by atoms with E-state index in [4.69, 9.17) is 10.5 Å². The van der Waals surface area contributed by atoms with Crippen molar-refractivity contribution in [3.05, 3.63) is 42.0 Å². The van der Waals surface area contributed by atoms with Crippen molar-refractivity contribution in [2.24, 2.45) is 5.73 Å². The van der Waals surface area contributed by atoms with Crippen LogP contribution in [0, 0.1) is 0 Å². The highest BCUT2D eigenvalue weighted by Gasteiger charge is 2.29. The van der Waals surface area contributed by atoms with Crippen molar-refractivity contribution < 1.29 is 4.74 Å². The molecule has 0 amide bonds. The molecule has 0 bridgehead atoms. The van der Waals surface area contributed by atoms with Crippen LogP contribution in [0.25, 0.3) is 6.08 Å². The summed E-state index contributed by atoms with van der Waals surface area (Å²) < 4.78 is 5.63. The molecule has 1 fully saturated rings. The van der Waals surface area contributed by atoms with Gasteiger partial charge in [-0.15, -0.1) is 0 Å². The minimum Gasteiger partial charge on any atom is -0.375 e. The van der Waals surface area contributed by atoms with E-state index < -0.39 is 0 Å². The third-order valence-corrected chi connectivity index (χ3v) is 3.31. The standard InChI is InChI=1S/C15H21NO/c16-15(10-4-5-11-15)13-17-12-6-9-14-7-2-1-3-8-14/h1-3,6-9H,4-5,10-13,16H2/b9-6+. The number of rotatable bonds is 5. The monoisotopic (exact) mass is 231 g/mol. The zero-order valence-electron chi connectivity index (χ0n) is 10.3. The normalized spacial score (nSPS) is 18.9. The van der Waals surface area contributed by atoms with Crippen molar-refractivity contribution in [2.75, 3.05) is 13.2 Å². The zero-order valence-corrected chi connectivity index (χ0v) is 10.3. The lowest BCUT2D eigenvalue weighted by Gasteiger charge is -2.22. The van der Waals surface area contributed by atoms with Crippen molar-refractivity contribution in [1.29, 1.82) is 0 Å². The lowest BCUT2D eigenvalue weighted by molar-refractivity contribution is 0.108. The number of benzene rings is 1. The Balaban J connectivity index is 1.68. The Hall–Kier alpha value is -1.12. The average molecular weight is 231 g/mol. The quantitative estimate of drug-likeness (QED) is 0.791. The van der Waals surface area contributed by atoms with E-state index in [0.717, 1.165) is 12.8 Å². The van der Waals surface area contributed by atoms with Gasteiger partial charge in [0.1, 0.15) is 0 Å². The Bertz CT molecular complexity index is 352. The van der Waals surface area contributed by atoms with Crippen LogP contribution >= 0.6 is 0 Å². The van der Waals surface area contributed by atoms with Gasteiger partial charge in [-0.05, 0) is 18.4 Å². The topological polar surface area (TPSA) is 35.2 Å². The van der Waals surface area contributed by atoms with Gasteiger partial charge in [-0.2, -0.15) is 0 Å². The number of nitrogens with two attached hydrogens (primary N) is 1. The van der Waals surface area contributed by atoms with Crippen LogP contribution in [0.15, 0.2) is 36.4 Å². The molecule has 17 heavy (non-hydrogen) atoms. The fourth-order valence-electron chi connectivity index (χ4n) is 2.30. The van der Waals surface area contributed by atoms with Crippen molar-refractivity contribution in [2.45, 2.75) is 31.2 Å². The molecule has 1 saturated carbocycles. The second kappa shape index (κ2) is 5.99. The Morgan fingerprint density at radius 3 is 2.59 bits per heavy atom. The van der Waals surface area contributed by atoms with E-state index in [1.807, 2.05) is 24.3 Å². The van der Waals surface area contributed by atoms with E-state index in [2.05, 4.69) is 18.2 Å². The zero-order chi connectivity index (χ0) is 12.0. The molecule has 0 unspecified atom stereocenters. The van der Waals surface area contributed by atoms with Crippen molar-refractivity contribution >= 4 is 6.08 Å². The Morgan fingerprint density at radius 1 is 1.18 bits per heavy atom. The van der Waals surface area contributed by atoms with Crippen LogP contribution in [-0.4, -0.2) is 18.8 Å². The van der Waals surface area contributed by atoms with E-state index in [1.54, 1.807) is 0 Å². The van der Waals surface area contributed by atoms with Crippen molar-refractivity contribution in [3.63, 3.8) is 0 Å². The summed E-state index contributed by atoms with van der Waals surface area (Å²) in [7, 11) is 0. The first-order valence-corrected chi connectivity index (χ1v) is 6.37. The summed E-state index contributed by atoms with van der Waals surface area (Å²) in [6.45, 7) is 1.33. The minimum atomic E-state index is -0.0550. The van der Waals surface area contributed by atoms with E-state index in [-0.39, 0.29) is 5.54 Å².